The fraction of sp³-hybridized carbons (Fsp3) is 0.111. The van der Waals surface area contributed by atoms with Gasteiger partial charge in [0.2, 0.25) is 0 Å². The van der Waals surface area contributed by atoms with E-state index in [2.05, 4.69) is 15.8 Å². The molecule has 0 bridgehead atoms. The second-order valence-electron chi connectivity index (χ2n) is 1.99. The van der Waals surface area contributed by atoms with E-state index in [1.54, 1.807) is 12.5 Å². The summed E-state index contributed by atoms with van der Waals surface area (Å²) in [5.41, 5.74) is 0. The molecule has 1 aromatic heterocycles. The highest BCUT2D eigenvalue weighted by Gasteiger charge is 1.73. The van der Waals surface area contributed by atoms with Crippen LogP contribution in [0.3, 0.4) is 0 Å². The van der Waals surface area contributed by atoms with Crippen molar-refractivity contribution in [2.45, 2.75) is 0 Å². The fourth-order valence-corrected chi connectivity index (χ4v) is 0.633. The van der Waals surface area contributed by atoms with Crippen molar-refractivity contribution in [1.82, 2.24) is 5.32 Å². The molecule has 0 radical (unpaired) electrons. The molecule has 2 heterocycles. The van der Waals surface area contributed by atoms with E-state index < -0.39 is 0 Å². The Bertz CT molecular complexity index is 182. The third kappa shape index (κ3) is 4.03. The summed E-state index contributed by atoms with van der Waals surface area (Å²) >= 11 is 0. The van der Waals surface area contributed by atoms with Gasteiger partial charge in [-0.3, -0.25) is 0 Å². The minimum Gasteiger partial charge on any atom is -0.473 e. The molecule has 2 nitrogen and oxygen atoms in total. The smallest absolute Gasteiger partial charge is 0.0902 e. The largest absolute Gasteiger partial charge is 0.473 e. The van der Waals surface area contributed by atoms with Crippen LogP contribution in [0.2, 0.25) is 0 Å². The Morgan fingerprint density at radius 3 is 2.09 bits per heavy atom. The molecule has 1 aliphatic heterocycles. The number of allylic oxidation sites excluding steroid dienone is 2. The van der Waals surface area contributed by atoms with Crippen molar-refractivity contribution in [1.29, 1.82) is 0 Å². The maximum atomic E-state index is 4.58. The van der Waals surface area contributed by atoms with Crippen LogP contribution in [0.5, 0.6) is 0 Å². The Morgan fingerprint density at radius 2 is 1.91 bits per heavy atom. The van der Waals surface area contributed by atoms with Crippen molar-refractivity contribution in [3.8, 4) is 0 Å². The molecule has 58 valence electrons. The Morgan fingerprint density at radius 1 is 1.09 bits per heavy atom. The molecule has 0 saturated carbocycles. The van der Waals surface area contributed by atoms with Crippen molar-refractivity contribution in [2.75, 3.05) is 6.54 Å². The van der Waals surface area contributed by atoms with Crippen LogP contribution in [0, 0.1) is 0 Å². The average molecular weight is 149 g/mol. The zero-order chi connectivity index (χ0) is 7.78. The van der Waals surface area contributed by atoms with Crippen LogP contribution in [0.4, 0.5) is 0 Å². The van der Waals surface area contributed by atoms with Crippen molar-refractivity contribution in [2.24, 2.45) is 0 Å². The molecule has 0 unspecified atom stereocenters. The summed E-state index contributed by atoms with van der Waals surface area (Å²) < 4.78 is 4.58. The second kappa shape index (κ2) is 5.35. The first-order chi connectivity index (χ1) is 5.50. The molecule has 0 spiro atoms. The molecular weight excluding hydrogens is 138 g/mol. The minimum atomic E-state index is 0.983. The molecule has 1 aliphatic rings. The molecule has 1 aromatic rings. The van der Waals surface area contributed by atoms with E-state index in [9.17, 15) is 0 Å². The van der Waals surface area contributed by atoms with Crippen molar-refractivity contribution in [3.63, 3.8) is 0 Å². The first kappa shape index (κ1) is 7.66. The third-order valence-corrected chi connectivity index (χ3v) is 1.12. The van der Waals surface area contributed by atoms with E-state index in [4.69, 9.17) is 0 Å². The van der Waals surface area contributed by atoms with Crippen LogP contribution in [0.1, 0.15) is 0 Å². The lowest BCUT2D eigenvalue weighted by molar-refractivity contribution is 0.567. The second-order valence-corrected chi connectivity index (χ2v) is 1.99. The van der Waals surface area contributed by atoms with Gasteiger partial charge in [0.05, 0.1) is 12.5 Å². The lowest BCUT2D eigenvalue weighted by Crippen LogP contribution is -2.05. The molecule has 11 heavy (non-hydrogen) atoms. The maximum Gasteiger partial charge on any atom is 0.0902 e. The maximum absolute atomic E-state index is 4.58. The lowest BCUT2D eigenvalue weighted by Gasteiger charge is -1.94. The Labute approximate surface area is 66.2 Å². The van der Waals surface area contributed by atoms with Gasteiger partial charge in [-0.1, -0.05) is 12.2 Å². The predicted octanol–water partition coefficient (Wildman–Crippen LogP) is 1.94. The summed E-state index contributed by atoms with van der Waals surface area (Å²) in [6.07, 6.45) is 11.2. The fourth-order valence-electron chi connectivity index (χ4n) is 0.633. The summed E-state index contributed by atoms with van der Waals surface area (Å²) in [5.74, 6) is 0. The van der Waals surface area contributed by atoms with Gasteiger partial charge in [-0.2, -0.15) is 0 Å². The molecule has 0 aromatic carbocycles. The average Bonchev–Trinajstić information content (AvgIpc) is 2.64. The number of nitrogens with one attached hydrogen (secondary N) is 1. The number of rotatable bonds is 0. The van der Waals surface area contributed by atoms with Crippen molar-refractivity contribution in [3.05, 3.63) is 49.1 Å². The van der Waals surface area contributed by atoms with Crippen LogP contribution in [0.15, 0.2) is 53.5 Å². The number of hydrogen-bond acceptors (Lipinski definition) is 2. The van der Waals surface area contributed by atoms with Gasteiger partial charge >= 0.3 is 0 Å². The van der Waals surface area contributed by atoms with E-state index in [1.807, 2.05) is 30.5 Å². The van der Waals surface area contributed by atoms with E-state index in [-0.39, 0.29) is 0 Å². The monoisotopic (exact) mass is 149 g/mol. The molecule has 0 amide bonds. The Kier molecular flexibility index (Phi) is 3.73. The topological polar surface area (TPSA) is 25.2 Å². The third-order valence-electron chi connectivity index (χ3n) is 1.12. The zero-order valence-corrected chi connectivity index (χ0v) is 6.23. The van der Waals surface area contributed by atoms with Crippen LogP contribution < -0.4 is 5.32 Å². The van der Waals surface area contributed by atoms with Gasteiger partial charge in [-0.15, -0.1) is 0 Å². The quantitative estimate of drug-likeness (QED) is 0.609. The first-order valence-corrected chi connectivity index (χ1v) is 3.52. The summed E-state index contributed by atoms with van der Waals surface area (Å²) in [6.45, 7) is 0.983. The van der Waals surface area contributed by atoms with Crippen molar-refractivity contribution < 1.29 is 4.42 Å². The highest BCUT2D eigenvalue weighted by molar-refractivity contribution is 5.06. The molecule has 2 heteroatoms. The van der Waals surface area contributed by atoms with Crippen LogP contribution >= 0.6 is 0 Å². The van der Waals surface area contributed by atoms with Gasteiger partial charge in [0.25, 0.3) is 0 Å². The minimum absolute atomic E-state index is 0.983. The highest BCUT2D eigenvalue weighted by atomic mass is 16.3. The molecule has 0 fully saturated rings. The molecule has 0 atom stereocenters. The van der Waals surface area contributed by atoms with Gasteiger partial charge in [-0.05, 0) is 24.4 Å². The van der Waals surface area contributed by atoms with Gasteiger partial charge < -0.3 is 9.73 Å². The highest BCUT2D eigenvalue weighted by Crippen LogP contribution is 1.80. The van der Waals surface area contributed by atoms with E-state index in [1.165, 1.54) is 0 Å². The van der Waals surface area contributed by atoms with Crippen LogP contribution in [0.25, 0.3) is 0 Å². The molecular formula is C9H11NO. The lowest BCUT2D eigenvalue weighted by atomic mass is 10.4. The van der Waals surface area contributed by atoms with Gasteiger partial charge in [0.15, 0.2) is 0 Å². The van der Waals surface area contributed by atoms with Gasteiger partial charge in [-0.25, -0.2) is 0 Å². The SMILES string of the molecule is C1=CCNC=C1.c1ccoc1. The van der Waals surface area contributed by atoms with Crippen LogP contribution in [-0.4, -0.2) is 6.54 Å². The van der Waals surface area contributed by atoms with Gasteiger partial charge in [0, 0.05) is 6.54 Å². The Hall–Kier alpha value is -1.44. The van der Waals surface area contributed by atoms with Crippen LogP contribution in [-0.2, 0) is 0 Å². The van der Waals surface area contributed by atoms with E-state index in [0.29, 0.717) is 0 Å². The van der Waals surface area contributed by atoms with E-state index >= 15 is 0 Å². The molecule has 1 N–H and O–H groups in total. The van der Waals surface area contributed by atoms with Crippen molar-refractivity contribution >= 4 is 0 Å². The number of hydrogen-bond donors (Lipinski definition) is 1. The Balaban J connectivity index is 0.000000112. The molecule has 2 rings (SSSR count). The summed E-state index contributed by atoms with van der Waals surface area (Å²) in [7, 11) is 0. The summed E-state index contributed by atoms with van der Waals surface area (Å²) in [5, 5.41) is 3.02. The normalized spacial score (nSPS) is 13.1. The predicted molar refractivity (Wildman–Crippen MR) is 45.0 cm³/mol. The summed E-state index contributed by atoms with van der Waals surface area (Å²) in [6, 6.07) is 3.67. The number of furan rings is 1. The standard InChI is InChI=1S/C5H7N.C4H4O/c1-2-4-6-5-3-1;1-2-4-5-3-1/h1-4,6H,5H2;1-4H. The number of dihydropyridines is 1. The first-order valence-electron chi connectivity index (χ1n) is 3.52. The van der Waals surface area contributed by atoms with Gasteiger partial charge in [0.1, 0.15) is 0 Å². The molecule has 0 saturated heterocycles. The summed E-state index contributed by atoms with van der Waals surface area (Å²) in [4.78, 5) is 0. The molecule has 0 aliphatic carbocycles. The zero-order valence-electron chi connectivity index (χ0n) is 6.23. The van der Waals surface area contributed by atoms with E-state index in [0.717, 1.165) is 6.54 Å².